The molecule has 1 atom stereocenters. The first-order valence-corrected chi connectivity index (χ1v) is 8.58. The van der Waals surface area contributed by atoms with E-state index in [0.717, 1.165) is 49.0 Å². The molecule has 1 fully saturated rings. The molecule has 0 bridgehead atoms. The summed E-state index contributed by atoms with van der Waals surface area (Å²) in [6.45, 7) is 3.90. The number of ether oxygens (including phenoxy) is 1. The van der Waals surface area contributed by atoms with Gasteiger partial charge in [-0.3, -0.25) is 0 Å². The Morgan fingerprint density at radius 3 is 2.88 bits per heavy atom. The van der Waals surface area contributed by atoms with E-state index in [9.17, 15) is 14.0 Å². The minimum absolute atomic E-state index is 0.0765. The van der Waals surface area contributed by atoms with Gasteiger partial charge in [-0.1, -0.05) is 0 Å². The highest BCUT2D eigenvalue weighted by atomic mass is 19.1. The Balaban J connectivity index is 1.78. The molecule has 1 saturated heterocycles. The highest BCUT2D eigenvalue weighted by Crippen LogP contribution is 2.32. The van der Waals surface area contributed by atoms with Crippen LogP contribution in [-0.4, -0.2) is 45.7 Å². The molecular weight excluding hydrogens is 341 g/mol. The maximum Gasteiger partial charge on any atom is 0.356 e. The smallest absolute Gasteiger partial charge is 0.356 e. The molecular formula is C18H18FN3O4. The lowest BCUT2D eigenvalue weighted by Gasteiger charge is -2.20. The van der Waals surface area contributed by atoms with Crippen molar-refractivity contribution in [1.29, 1.82) is 0 Å². The molecule has 7 nitrogen and oxygen atoms in total. The summed E-state index contributed by atoms with van der Waals surface area (Å²) in [4.78, 5) is 35.3. The maximum atomic E-state index is 13.8. The third-order valence-corrected chi connectivity index (χ3v) is 4.87. The van der Waals surface area contributed by atoms with Crippen LogP contribution >= 0.6 is 0 Å². The second kappa shape index (κ2) is 6.53. The van der Waals surface area contributed by atoms with Crippen molar-refractivity contribution in [1.82, 2.24) is 14.6 Å². The van der Waals surface area contributed by atoms with E-state index >= 15 is 0 Å². The average Bonchev–Trinajstić information content (AvgIpc) is 3.12. The standard InChI is InChI=1S/C18H18FN3O4/c1-11-3-2-7-21(11)8-6-13-14-9-12(19)10-20-17(14)22-18(13)25-15(23)4-5-16(24)26-22/h4-5,9-11H,2-3,6-8H2,1H3/b5-4+/t11-/m0/s1. The molecule has 0 aromatic carbocycles. The minimum Gasteiger partial charge on any atom is -0.403 e. The normalized spacial score (nSPS) is 21.8. The number of carbonyl (C=O) groups excluding carboxylic acids is 2. The third-order valence-electron chi connectivity index (χ3n) is 4.87. The molecule has 2 aromatic rings. The highest BCUT2D eigenvalue weighted by molar-refractivity contribution is 5.95. The van der Waals surface area contributed by atoms with E-state index in [1.54, 1.807) is 0 Å². The van der Waals surface area contributed by atoms with Gasteiger partial charge in [0, 0.05) is 35.7 Å². The lowest BCUT2D eigenvalue weighted by molar-refractivity contribution is -0.142. The van der Waals surface area contributed by atoms with Gasteiger partial charge in [-0.05, 0) is 38.8 Å². The van der Waals surface area contributed by atoms with Crippen LogP contribution < -0.4 is 9.57 Å². The first-order valence-electron chi connectivity index (χ1n) is 8.58. The van der Waals surface area contributed by atoms with Crippen LogP contribution in [0.4, 0.5) is 4.39 Å². The van der Waals surface area contributed by atoms with Gasteiger partial charge in [-0.25, -0.2) is 19.0 Å². The van der Waals surface area contributed by atoms with Crippen LogP contribution in [0.1, 0.15) is 25.3 Å². The number of hydrogen-bond donors (Lipinski definition) is 0. The number of hydrogen-bond acceptors (Lipinski definition) is 6. The minimum atomic E-state index is -0.731. The van der Waals surface area contributed by atoms with E-state index in [1.165, 1.54) is 6.07 Å². The predicted octanol–water partition coefficient (Wildman–Crippen LogP) is 1.63. The quantitative estimate of drug-likeness (QED) is 0.776. The number of rotatable bonds is 3. The van der Waals surface area contributed by atoms with Crippen LogP contribution in [0.5, 0.6) is 5.88 Å². The van der Waals surface area contributed by atoms with Gasteiger partial charge in [-0.2, -0.15) is 0 Å². The number of halogens is 1. The molecule has 0 radical (unpaired) electrons. The van der Waals surface area contributed by atoms with E-state index in [0.29, 0.717) is 23.4 Å². The molecule has 2 aliphatic rings. The van der Waals surface area contributed by atoms with Crippen molar-refractivity contribution in [2.24, 2.45) is 0 Å². The van der Waals surface area contributed by atoms with E-state index in [1.807, 2.05) is 0 Å². The molecule has 26 heavy (non-hydrogen) atoms. The van der Waals surface area contributed by atoms with Crippen LogP contribution in [0.2, 0.25) is 0 Å². The molecule has 8 heteroatoms. The van der Waals surface area contributed by atoms with Gasteiger partial charge in [0.15, 0.2) is 5.65 Å². The third kappa shape index (κ3) is 2.96. The highest BCUT2D eigenvalue weighted by Gasteiger charge is 2.27. The molecule has 0 unspecified atom stereocenters. The molecule has 136 valence electrons. The van der Waals surface area contributed by atoms with Gasteiger partial charge in [-0.15, -0.1) is 4.73 Å². The zero-order valence-corrected chi connectivity index (χ0v) is 14.3. The molecule has 0 spiro atoms. The number of likely N-dealkylation sites (tertiary alicyclic amines) is 1. The van der Waals surface area contributed by atoms with Crippen molar-refractivity contribution in [3.63, 3.8) is 0 Å². The van der Waals surface area contributed by atoms with Crippen LogP contribution in [0.15, 0.2) is 24.4 Å². The largest absolute Gasteiger partial charge is 0.403 e. The summed E-state index contributed by atoms with van der Waals surface area (Å²) < 4.78 is 20.2. The number of aromatic nitrogens is 2. The molecule has 0 saturated carbocycles. The number of fused-ring (bicyclic) bond motifs is 3. The zero-order chi connectivity index (χ0) is 18.3. The SMILES string of the molecule is C[C@H]1CCCN1CCc1c2n(c3ncc(F)cc13)OC(=O)/C=C/C(=O)O2. The fourth-order valence-electron chi connectivity index (χ4n) is 3.55. The summed E-state index contributed by atoms with van der Waals surface area (Å²) in [5, 5.41) is 0.467. The van der Waals surface area contributed by atoms with Crippen LogP contribution in [0.25, 0.3) is 11.0 Å². The van der Waals surface area contributed by atoms with Crippen LogP contribution in [0.3, 0.4) is 0 Å². The zero-order valence-electron chi connectivity index (χ0n) is 14.3. The Labute approximate surface area is 148 Å². The first-order chi connectivity index (χ1) is 12.5. The molecule has 2 aromatic heterocycles. The Hall–Kier alpha value is -2.74. The Morgan fingerprint density at radius 1 is 1.31 bits per heavy atom. The number of esters is 1. The monoisotopic (exact) mass is 359 g/mol. The molecule has 0 amide bonds. The maximum absolute atomic E-state index is 13.8. The molecule has 0 aliphatic carbocycles. The predicted molar refractivity (Wildman–Crippen MR) is 90.0 cm³/mol. The van der Waals surface area contributed by atoms with E-state index < -0.39 is 17.8 Å². The second-order valence-corrected chi connectivity index (χ2v) is 6.54. The van der Waals surface area contributed by atoms with E-state index in [2.05, 4.69) is 16.8 Å². The van der Waals surface area contributed by atoms with E-state index in [4.69, 9.17) is 9.57 Å². The lowest BCUT2D eigenvalue weighted by atomic mass is 10.1. The van der Waals surface area contributed by atoms with Crippen molar-refractivity contribution >= 4 is 23.0 Å². The molecule has 0 N–H and O–H groups in total. The van der Waals surface area contributed by atoms with Crippen LogP contribution in [-0.2, 0) is 16.0 Å². The number of carbonyl (C=O) groups is 2. The Kier molecular flexibility index (Phi) is 4.20. The fourth-order valence-corrected chi connectivity index (χ4v) is 3.55. The topological polar surface area (TPSA) is 73.7 Å². The van der Waals surface area contributed by atoms with Crippen molar-refractivity contribution < 1.29 is 23.6 Å². The van der Waals surface area contributed by atoms with Crippen molar-refractivity contribution in [3.8, 4) is 5.88 Å². The number of pyridine rings is 1. The second-order valence-electron chi connectivity index (χ2n) is 6.54. The molecule has 4 heterocycles. The van der Waals surface area contributed by atoms with Gasteiger partial charge in [0.25, 0.3) is 0 Å². The Morgan fingerprint density at radius 2 is 2.12 bits per heavy atom. The van der Waals surface area contributed by atoms with Crippen molar-refractivity contribution in [2.45, 2.75) is 32.2 Å². The number of nitrogens with zero attached hydrogens (tertiary/aromatic N) is 3. The van der Waals surface area contributed by atoms with Gasteiger partial charge in [0.05, 0.1) is 6.20 Å². The summed E-state index contributed by atoms with van der Waals surface area (Å²) in [5.41, 5.74) is 0.838. The van der Waals surface area contributed by atoms with Gasteiger partial charge >= 0.3 is 11.9 Å². The first kappa shape index (κ1) is 16.7. The average molecular weight is 359 g/mol. The van der Waals surface area contributed by atoms with E-state index in [-0.39, 0.29) is 11.5 Å². The summed E-state index contributed by atoms with van der Waals surface area (Å²) in [5.74, 6) is -1.86. The lowest BCUT2D eigenvalue weighted by Crippen LogP contribution is -2.29. The molecule has 4 rings (SSSR count). The summed E-state index contributed by atoms with van der Waals surface area (Å²) in [7, 11) is 0. The summed E-state index contributed by atoms with van der Waals surface area (Å²) in [6.07, 6.45) is 5.82. The van der Waals surface area contributed by atoms with Crippen LogP contribution in [0, 0.1) is 5.82 Å². The Bertz CT molecular complexity index is 921. The van der Waals surface area contributed by atoms with Gasteiger partial charge < -0.3 is 14.5 Å². The van der Waals surface area contributed by atoms with Crippen molar-refractivity contribution in [3.05, 3.63) is 35.8 Å². The molecule has 2 aliphatic heterocycles. The summed E-state index contributed by atoms with van der Waals surface area (Å²) in [6, 6.07) is 1.79. The van der Waals surface area contributed by atoms with Gasteiger partial charge in [0.2, 0.25) is 5.88 Å². The fraction of sp³-hybridized carbons (Fsp3) is 0.389. The summed E-state index contributed by atoms with van der Waals surface area (Å²) >= 11 is 0. The van der Waals surface area contributed by atoms with Crippen molar-refractivity contribution in [2.75, 3.05) is 13.1 Å². The van der Waals surface area contributed by atoms with Gasteiger partial charge in [0.1, 0.15) is 5.82 Å².